The van der Waals surface area contributed by atoms with Gasteiger partial charge in [-0.05, 0) is 42.5 Å². The molecule has 0 saturated heterocycles. The van der Waals surface area contributed by atoms with Crippen molar-refractivity contribution in [3.8, 4) is 11.4 Å². The Labute approximate surface area is 133 Å². The van der Waals surface area contributed by atoms with Crippen LogP contribution < -0.4 is 5.32 Å². The summed E-state index contributed by atoms with van der Waals surface area (Å²) in [5.41, 5.74) is 2.11. The molecule has 0 fully saturated rings. The fraction of sp³-hybridized carbons (Fsp3) is 0.333. The maximum absolute atomic E-state index is 14.4. The summed E-state index contributed by atoms with van der Waals surface area (Å²) in [6.07, 6.45) is 3.68. The molecular weight excluding hydrogens is 297 g/mol. The number of hydrogen-bond donors (Lipinski definition) is 1. The predicted molar refractivity (Wildman–Crippen MR) is 84.1 cm³/mol. The summed E-state index contributed by atoms with van der Waals surface area (Å²) in [5.74, 6) is 0.0641. The smallest absolute Gasteiger partial charge is 0.185 e. The average molecular weight is 315 g/mol. The molecule has 0 amide bonds. The van der Waals surface area contributed by atoms with Crippen LogP contribution in [0.3, 0.4) is 0 Å². The number of halogens is 1. The van der Waals surface area contributed by atoms with E-state index in [1.165, 1.54) is 6.07 Å². The number of nitrogens with zero attached hydrogens (tertiary/aromatic N) is 6. The van der Waals surface area contributed by atoms with Gasteiger partial charge in [-0.15, -0.1) is 5.10 Å². The number of rotatable bonds is 5. The van der Waals surface area contributed by atoms with Crippen molar-refractivity contribution in [2.24, 2.45) is 7.05 Å². The van der Waals surface area contributed by atoms with Crippen molar-refractivity contribution >= 4 is 5.69 Å². The van der Waals surface area contributed by atoms with Crippen molar-refractivity contribution in [2.75, 3.05) is 5.32 Å². The first kappa shape index (κ1) is 15.1. The van der Waals surface area contributed by atoms with Crippen LogP contribution >= 0.6 is 0 Å². The van der Waals surface area contributed by atoms with Crippen LogP contribution in [0.15, 0.2) is 30.6 Å². The van der Waals surface area contributed by atoms with Crippen LogP contribution in [0.4, 0.5) is 10.1 Å². The summed E-state index contributed by atoms with van der Waals surface area (Å²) in [6.45, 7) is 4.47. The number of aromatic nitrogens is 6. The third-order valence-electron chi connectivity index (χ3n) is 3.45. The Morgan fingerprint density at radius 1 is 1.30 bits per heavy atom. The zero-order valence-corrected chi connectivity index (χ0v) is 13.2. The van der Waals surface area contributed by atoms with Gasteiger partial charge in [0, 0.05) is 31.0 Å². The van der Waals surface area contributed by atoms with Gasteiger partial charge in [0.05, 0.1) is 17.8 Å². The lowest BCUT2D eigenvalue weighted by Gasteiger charge is -2.10. The maximum atomic E-state index is 14.4. The Hall–Kier alpha value is -2.77. The Morgan fingerprint density at radius 3 is 2.78 bits per heavy atom. The van der Waals surface area contributed by atoms with Gasteiger partial charge in [-0.2, -0.15) is 5.10 Å². The van der Waals surface area contributed by atoms with Crippen molar-refractivity contribution in [1.29, 1.82) is 0 Å². The third kappa shape index (κ3) is 3.20. The minimum atomic E-state index is -0.363. The topological polar surface area (TPSA) is 73.5 Å². The molecule has 0 radical (unpaired) electrons. The molecule has 1 N–H and O–H groups in total. The van der Waals surface area contributed by atoms with Gasteiger partial charge in [-0.25, -0.2) is 9.07 Å². The quantitative estimate of drug-likeness (QED) is 0.782. The molecule has 23 heavy (non-hydrogen) atoms. The van der Waals surface area contributed by atoms with E-state index in [-0.39, 0.29) is 11.9 Å². The second-order valence-electron chi connectivity index (χ2n) is 5.61. The summed E-state index contributed by atoms with van der Waals surface area (Å²) in [6, 6.07) is 5.01. The minimum Gasteiger partial charge on any atom is -0.381 e. The minimum absolute atomic E-state index is 0.0581. The number of benzene rings is 1. The van der Waals surface area contributed by atoms with E-state index in [1.807, 2.05) is 33.2 Å². The predicted octanol–water partition coefficient (Wildman–Crippen LogP) is 2.41. The molecule has 3 rings (SSSR count). The number of tetrazole rings is 1. The second kappa shape index (κ2) is 6.15. The lowest BCUT2D eigenvalue weighted by molar-refractivity contribution is 0.517. The Bertz CT molecular complexity index is 806. The maximum Gasteiger partial charge on any atom is 0.185 e. The Balaban J connectivity index is 1.79. The molecule has 0 unspecified atom stereocenters. The number of nitrogens with one attached hydrogen (secondary N) is 1. The van der Waals surface area contributed by atoms with E-state index in [9.17, 15) is 4.39 Å². The highest BCUT2D eigenvalue weighted by Gasteiger charge is 2.15. The van der Waals surface area contributed by atoms with Crippen molar-refractivity contribution < 1.29 is 4.39 Å². The molecule has 8 heteroatoms. The zero-order valence-electron chi connectivity index (χ0n) is 13.2. The molecule has 1 aromatic carbocycles. The summed E-state index contributed by atoms with van der Waals surface area (Å²) in [5, 5.41) is 18.7. The van der Waals surface area contributed by atoms with Gasteiger partial charge in [0.15, 0.2) is 5.82 Å². The van der Waals surface area contributed by atoms with Crippen molar-refractivity contribution in [3.63, 3.8) is 0 Å². The SMILES string of the molecule is CC(C)n1nnnc1-c1ccc(NCc2cnn(C)c2)cc1F. The summed E-state index contributed by atoms with van der Waals surface area (Å²) < 4.78 is 17.7. The standard InChI is InChI=1S/C15H18FN7/c1-10(2)23-15(19-20-21-23)13-5-4-12(6-14(13)16)17-7-11-8-18-22(3)9-11/h4-6,8-10,17H,7H2,1-3H3. The van der Waals surface area contributed by atoms with Crippen LogP contribution in [0.1, 0.15) is 25.5 Å². The first-order valence-electron chi connectivity index (χ1n) is 7.34. The van der Waals surface area contributed by atoms with Crippen LogP contribution in [0.5, 0.6) is 0 Å². The summed E-state index contributed by atoms with van der Waals surface area (Å²) >= 11 is 0. The normalized spacial score (nSPS) is 11.2. The molecule has 0 aliphatic carbocycles. The third-order valence-corrected chi connectivity index (χ3v) is 3.45. The van der Waals surface area contributed by atoms with Gasteiger partial charge in [0.2, 0.25) is 0 Å². The van der Waals surface area contributed by atoms with Crippen molar-refractivity contribution in [1.82, 2.24) is 30.0 Å². The van der Waals surface area contributed by atoms with E-state index in [2.05, 4.69) is 25.9 Å². The highest BCUT2D eigenvalue weighted by Crippen LogP contribution is 2.25. The van der Waals surface area contributed by atoms with E-state index in [0.29, 0.717) is 23.6 Å². The summed E-state index contributed by atoms with van der Waals surface area (Å²) in [4.78, 5) is 0. The number of anilines is 1. The van der Waals surface area contributed by atoms with E-state index < -0.39 is 0 Å². The van der Waals surface area contributed by atoms with Gasteiger partial charge in [-0.1, -0.05) is 0 Å². The molecule has 7 nitrogen and oxygen atoms in total. The van der Waals surface area contributed by atoms with Gasteiger partial charge in [0.25, 0.3) is 0 Å². The zero-order chi connectivity index (χ0) is 16.4. The van der Waals surface area contributed by atoms with Crippen LogP contribution in [-0.2, 0) is 13.6 Å². The lowest BCUT2D eigenvalue weighted by Crippen LogP contribution is -2.06. The molecule has 120 valence electrons. The number of aryl methyl sites for hydroxylation is 1. The van der Waals surface area contributed by atoms with Crippen LogP contribution in [-0.4, -0.2) is 30.0 Å². The van der Waals surface area contributed by atoms with Crippen molar-refractivity contribution in [3.05, 3.63) is 42.0 Å². The highest BCUT2D eigenvalue weighted by atomic mass is 19.1. The van der Waals surface area contributed by atoms with Gasteiger partial charge in [0.1, 0.15) is 5.82 Å². The van der Waals surface area contributed by atoms with Crippen LogP contribution in [0.2, 0.25) is 0 Å². The van der Waals surface area contributed by atoms with Gasteiger partial charge >= 0.3 is 0 Å². The first-order chi connectivity index (χ1) is 11.0. The van der Waals surface area contributed by atoms with Gasteiger partial charge < -0.3 is 5.32 Å². The van der Waals surface area contributed by atoms with E-state index in [1.54, 1.807) is 21.6 Å². The first-order valence-corrected chi connectivity index (χ1v) is 7.34. The molecule has 0 spiro atoms. The van der Waals surface area contributed by atoms with Gasteiger partial charge in [-0.3, -0.25) is 4.68 Å². The highest BCUT2D eigenvalue weighted by molar-refractivity contribution is 5.60. The fourth-order valence-electron chi connectivity index (χ4n) is 2.29. The van der Waals surface area contributed by atoms with E-state index in [0.717, 1.165) is 5.56 Å². The molecule has 0 saturated carbocycles. The molecule has 2 aromatic heterocycles. The largest absolute Gasteiger partial charge is 0.381 e. The van der Waals surface area contributed by atoms with E-state index in [4.69, 9.17) is 0 Å². The van der Waals surface area contributed by atoms with Crippen LogP contribution in [0.25, 0.3) is 11.4 Å². The fourth-order valence-corrected chi connectivity index (χ4v) is 2.29. The lowest BCUT2D eigenvalue weighted by atomic mass is 10.1. The number of hydrogen-bond acceptors (Lipinski definition) is 5. The second-order valence-corrected chi connectivity index (χ2v) is 5.61. The average Bonchev–Trinajstić information content (AvgIpc) is 3.14. The molecule has 3 aromatic rings. The Kier molecular flexibility index (Phi) is 4.05. The van der Waals surface area contributed by atoms with E-state index >= 15 is 0 Å². The monoisotopic (exact) mass is 315 g/mol. The molecule has 0 aliphatic heterocycles. The molecule has 0 atom stereocenters. The van der Waals surface area contributed by atoms with Crippen molar-refractivity contribution in [2.45, 2.75) is 26.4 Å². The Morgan fingerprint density at radius 2 is 2.13 bits per heavy atom. The molecule has 0 aliphatic rings. The molecule has 0 bridgehead atoms. The molecular formula is C15H18FN7. The van der Waals surface area contributed by atoms with Crippen LogP contribution in [0, 0.1) is 5.82 Å². The molecule has 2 heterocycles. The summed E-state index contributed by atoms with van der Waals surface area (Å²) in [7, 11) is 1.86.